The molecule has 3 aromatic rings. The number of benzene rings is 2. The monoisotopic (exact) mass is 602 g/mol. The minimum Gasteiger partial charge on any atom is -0.373 e. The van der Waals surface area contributed by atoms with Crippen LogP contribution in [0.15, 0.2) is 65.7 Å². The number of likely N-dealkylation sites (tertiary alicyclic amines) is 1. The number of halogens is 3. The van der Waals surface area contributed by atoms with E-state index in [4.69, 9.17) is 0 Å². The van der Waals surface area contributed by atoms with Gasteiger partial charge in [0.15, 0.2) is 9.84 Å². The quantitative estimate of drug-likeness (QED) is 0.361. The molecule has 2 aromatic carbocycles. The summed E-state index contributed by atoms with van der Waals surface area (Å²) in [6, 6.07) is 13.0. The van der Waals surface area contributed by atoms with Crippen LogP contribution in [0.1, 0.15) is 45.1 Å². The third kappa shape index (κ3) is 6.27. The average molecular weight is 603 g/mol. The Morgan fingerprint density at radius 2 is 1.81 bits per heavy atom. The molecule has 4 atom stereocenters. The van der Waals surface area contributed by atoms with Crippen LogP contribution in [-0.4, -0.2) is 72.6 Å². The number of rotatable bonds is 8. The van der Waals surface area contributed by atoms with Crippen molar-refractivity contribution in [1.29, 1.82) is 0 Å². The van der Waals surface area contributed by atoms with Gasteiger partial charge in [-0.3, -0.25) is 9.78 Å². The van der Waals surface area contributed by atoms with Crippen molar-refractivity contribution in [3.63, 3.8) is 0 Å². The molecule has 0 spiro atoms. The molecule has 1 aliphatic heterocycles. The average Bonchev–Trinajstić information content (AvgIpc) is 3.31. The van der Waals surface area contributed by atoms with Crippen LogP contribution in [0.5, 0.6) is 0 Å². The number of anilines is 1. The van der Waals surface area contributed by atoms with Gasteiger partial charge in [-0.2, -0.15) is 13.2 Å². The Balaban J connectivity index is 1.38. The summed E-state index contributed by atoms with van der Waals surface area (Å²) in [7, 11) is -1.52. The molecule has 3 unspecified atom stereocenters. The van der Waals surface area contributed by atoms with Crippen molar-refractivity contribution in [2.75, 3.05) is 24.7 Å². The number of nitrogens with one attached hydrogen (secondary N) is 1. The number of sulfone groups is 1. The molecule has 0 radical (unpaired) electrons. The highest BCUT2D eigenvalue weighted by Gasteiger charge is 2.44. The molecule has 1 saturated carbocycles. The van der Waals surface area contributed by atoms with Gasteiger partial charge < -0.3 is 15.1 Å². The standard InChI is InChI=1S/C31H37F3N4O3S/c1-20(2)37(3)23-10-12-29(21(17-23)19-42(40,41)24-7-5-4-6-8-24)38-16-14-28(30(38)39)36-27-13-15-35-26-11-9-22(18-25(26)27)31(32,33)34/h4-9,11,13,15,18,20-21,23,28-29H,10,12,14,16-17,19H2,1-3H3,(H,35,36)/t21-,23?,28?,29?/m0/s1. The normalized spacial score (nSPS) is 23.7. The molecule has 0 bridgehead atoms. The summed E-state index contributed by atoms with van der Waals surface area (Å²) in [5.41, 5.74) is 0.0295. The molecule has 11 heteroatoms. The largest absolute Gasteiger partial charge is 0.416 e. The summed E-state index contributed by atoms with van der Waals surface area (Å²) in [6.07, 6.45) is -0.348. The van der Waals surface area contributed by atoms with E-state index in [1.54, 1.807) is 41.3 Å². The number of hydrogen-bond donors (Lipinski definition) is 1. The third-order valence-electron chi connectivity index (χ3n) is 8.88. The fourth-order valence-electron chi connectivity index (χ4n) is 6.41. The van der Waals surface area contributed by atoms with Gasteiger partial charge in [0.25, 0.3) is 0 Å². The van der Waals surface area contributed by atoms with Crippen LogP contribution < -0.4 is 5.32 Å². The summed E-state index contributed by atoms with van der Waals surface area (Å²) >= 11 is 0. The maximum atomic E-state index is 13.8. The van der Waals surface area contributed by atoms with Gasteiger partial charge in [0.05, 0.1) is 21.7 Å². The fraction of sp³-hybridized carbons (Fsp3) is 0.484. The van der Waals surface area contributed by atoms with Crippen molar-refractivity contribution < 1.29 is 26.4 Å². The maximum Gasteiger partial charge on any atom is 0.416 e. The predicted octanol–water partition coefficient (Wildman–Crippen LogP) is 5.62. The SMILES string of the molecule is CC(C)N(C)C1CCC(N2CCC(Nc3ccnc4ccc(C(F)(F)F)cc34)C2=O)[C@H](CS(=O)(=O)c2ccccc2)C1. The molecule has 1 saturated heterocycles. The Morgan fingerprint density at radius 3 is 2.50 bits per heavy atom. The molecule has 2 heterocycles. The van der Waals surface area contributed by atoms with Crippen LogP contribution in [0, 0.1) is 5.92 Å². The highest BCUT2D eigenvalue weighted by Crippen LogP contribution is 2.37. The van der Waals surface area contributed by atoms with Gasteiger partial charge in [0, 0.05) is 41.9 Å². The van der Waals surface area contributed by atoms with E-state index >= 15 is 0 Å². The first kappa shape index (κ1) is 30.3. The van der Waals surface area contributed by atoms with Crippen LogP contribution in [0.25, 0.3) is 10.9 Å². The smallest absolute Gasteiger partial charge is 0.373 e. The van der Waals surface area contributed by atoms with Gasteiger partial charge in [-0.25, -0.2) is 8.42 Å². The topological polar surface area (TPSA) is 82.6 Å². The van der Waals surface area contributed by atoms with Gasteiger partial charge >= 0.3 is 6.18 Å². The number of aromatic nitrogens is 1. The van der Waals surface area contributed by atoms with E-state index in [9.17, 15) is 26.4 Å². The zero-order valence-electron chi connectivity index (χ0n) is 24.0. The van der Waals surface area contributed by atoms with Crippen LogP contribution in [0.2, 0.25) is 0 Å². The van der Waals surface area contributed by atoms with Gasteiger partial charge in [-0.1, -0.05) is 18.2 Å². The summed E-state index contributed by atoms with van der Waals surface area (Å²) in [6.45, 7) is 4.68. The molecule has 2 aliphatic rings. The lowest BCUT2D eigenvalue weighted by atomic mass is 9.81. The summed E-state index contributed by atoms with van der Waals surface area (Å²) in [5, 5.41) is 3.48. The lowest BCUT2D eigenvalue weighted by Gasteiger charge is -2.44. The first-order valence-corrected chi connectivity index (χ1v) is 16.0. The number of carbonyl (C=O) groups excluding carboxylic acids is 1. The second-order valence-corrected chi connectivity index (χ2v) is 13.8. The van der Waals surface area contributed by atoms with Crippen molar-refractivity contribution >= 4 is 32.3 Å². The first-order valence-electron chi connectivity index (χ1n) is 14.4. The van der Waals surface area contributed by atoms with Crippen molar-refractivity contribution in [3.05, 3.63) is 66.4 Å². The number of carbonyl (C=O) groups is 1. The summed E-state index contributed by atoms with van der Waals surface area (Å²) in [5.74, 6) is -0.468. The van der Waals surface area contributed by atoms with E-state index in [0.717, 1.165) is 18.6 Å². The Bertz CT molecular complexity index is 1530. The van der Waals surface area contributed by atoms with E-state index in [-0.39, 0.29) is 34.6 Å². The highest BCUT2D eigenvalue weighted by molar-refractivity contribution is 7.91. The van der Waals surface area contributed by atoms with Crippen LogP contribution in [0.4, 0.5) is 18.9 Å². The molecule has 7 nitrogen and oxygen atoms in total. The van der Waals surface area contributed by atoms with E-state index in [1.165, 1.54) is 12.3 Å². The zero-order valence-corrected chi connectivity index (χ0v) is 24.8. The molecule has 1 aromatic heterocycles. The number of nitrogens with zero attached hydrogens (tertiary/aromatic N) is 3. The molecule has 1 aliphatic carbocycles. The first-order chi connectivity index (χ1) is 19.8. The maximum absolute atomic E-state index is 13.8. The van der Waals surface area contributed by atoms with Gasteiger partial charge in [0.2, 0.25) is 5.91 Å². The van der Waals surface area contributed by atoms with Crippen molar-refractivity contribution in [2.45, 2.75) is 74.8 Å². The number of hydrogen-bond acceptors (Lipinski definition) is 6. The zero-order chi connectivity index (χ0) is 30.2. The van der Waals surface area contributed by atoms with E-state index in [1.807, 2.05) is 0 Å². The minimum atomic E-state index is -4.50. The van der Waals surface area contributed by atoms with Crippen LogP contribution in [0.3, 0.4) is 0 Å². The predicted molar refractivity (Wildman–Crippen MR) is 157 cm³/mol. The molecular formula is C31H37F3N4O3S. The summed E-state index contributed by atoms with van der Waals surface area (Å²) < 4.78 is 67.2. The molecule has 5 rings (SSSR count). The van der Waals surface area contributed by atoms with E-state index < -0.39 is 27.6 Å². The van der Waals surface area contributed by atoms with Crippen LogP contribution >= 0.6 is 0 Å². The summed E-state index contributed by atoms with van der Waals surface area (Å²) in [4.78, 5) is 22.3. The van der Waals surface area contributed by atoms with Crippen molar-refractivity contribution in [2.24, 2.45) is 5.92 Å². The number of alkyl halides is 3. The van der Waals surface area contributed by atoms with Gasteiger partial charge in [-0.05, 0) is 88.9 Å². The number of fused-ring (bicyclic) bond motifs is 1. The third-order valence-corrected chi connectivity index (χ3v) is 10.7. The fourth-order valence-corrected chi connectivity index (χ4v) is 8.10. The number of pyridine rings is 1. The number of amides is 1. The second-order valence-electron chi connectivity index (χ2n) is 11.8. The van der Waals surface area contributed by atoms with Crippen LogP contribution in [-0.2, 0) is 20.8 Å². The Labute approximate surface area is 245 Å². The van der Waals surface area contributed by atoms with E-state index in [2.05, 4.69) is 36.1 Å². The Kier molecular flexibility index (Phi) is 8.53. The Morgan fingerprint density at radius 1 is 1.07 bits per heavy atom. The highest BCUT2D eigenvalue weighted by atomic mass is 32.2. The Hall–Kier alpha value is -3.18. The van der Waals surface area contributed by atoms with E-state index in [0.29, 0.717) is 48.4 Å². The second kappa shape index (κ2) is 11.8. The van der Waals surface area contributed by atoms with Gasteiger partial charge in [0.1, 0.15) is 6.04 Å². The minimum absolute atomic E-state index is 0.0544. The molecular weight excluding hydrogens is 565 g/mol. The van der Waals surface area contributed by atoms with Gasteiger partial charge in [-0.15, -0.1) is 0 Å². The molecule has 1 N–H and O–H groups in total. The van der Waals surface area contributed by atoms with Crippen molar-refractivity contribution in [3.8, 4) is 0 Å². The molecule has 42 heavy (non-hydrogen) atoms. The lowest BCUT2D eigenvalue weighted by Crippen LogP contribution is -2.52. The molecule has 2 fully saturated rings. The van der Waals surface area contributed by atoms with Crippen molar-refractivity contribution in [1.82, 2.24) is 14.8 Å². The molecule has 1 amide bonds. The molecule has 226 valence electrons. The lowest BCUT2D eigenvalue weighted by molar-refractivity contribution is -0.137.